The normalized spacial score (nSPS) is 16.9. The number of hydrogen-bond acceptors (Lipinski definition) is 5. The summed E-state index contributed by atoms with van der Waals surface area (Å²) in [6.45, 7) is 2.21. The predicted molar refractivity (Wildman–Crippen MR) is 80.2 cm³/mol. The molecule has 0 bridgehead atoms. The fourth-order valence-electron chi connectivity index (χ4n) is 2.54. The number of nitrogens with one attached hydrogen (secondary N) is 1. The van der Waals surface area contributed by atoms with Crippen LogP contribution < -0.4 is 5.32 Å². The third-order valence-corrected chi connectivity index (χ3v) is 4.82. The molecule has 6 heteroatoms. The number of anilines is 1. The molecule has 0 aromatic carbocycles. The summed E-state index contributed by atoms with van der Waals surface area (Å²) in [6.07, 6.45) is 7.39. The van der Waals surface area contributed by atoms with Gasteiger partial charge in [0.25, 0.3) is 5.91 Å². The summed E-state index contributed by atoms with van der Waals surface area (Å²) in [4.78, 5) is 21.2. The first-order chi connectivity index (χ1) is 10.2. The average molecular weight is 298 g/mol. The molecule has 106 valence electrons. The van der Waals surface area contributed by atoms with Crippen LogP contribution in [0.1, 0.15) is 39.8 Å². The van der Waals surface area contributed by atoms with Gasteiger partial charge >= 0.3 is 0 Å². The standard InChI is InChI=1S/C15H14N4OS/c1-9-2-3-10-11(7-16)15(21-13(10)6-9)19-14(20)12-8-17-4-5-18-12/h4-5,8-9H,2-3,6H2,1H3,(H,19,20). The van der Waals surface area contributed by atoms with E-state index in [9.17, 15) is 10.1 Å². The largest absolute Gasteiger partial charge is 0.311 e. The number of nitrogens with zero attached hydrogens (tertiary/aromatic N) is 3. The molecule has 21 heavy (non-hydrogen) atoms. The van der Waals surface area contributed by atoms with E-state index in [1.807, 2.05) is 0 Å². The molecule has 1 aliphatic rings. The Morgan fingerprint density at radius 1 is 1.52 bits per heavy atom. The van der Waals surface area contributed by atoms with E-state index in [-0.39, 0.29) is 11.6 Å². The maximum absolute atomic E-state index is 12.1. The van der Waals surface area contributed by atoms with Crippen LogP contribution >= 0.6 is 11.3 Å². The summed E-state index contributed by atoms with van der Waals surface area (Å²) in [5.74, 6) is 0.303. The van der Waals surface area contributed by atoms with Gasteiger partial charge in [0.1, 0.15) is 16.8 Å². The van der Waals surface area contributed by atoms with Gasteiger partial charge in [0.2, 0.25) is 0 Å². The van der Waals surface area contributed by atoms with Crippen LogP contribution in [0.5, 0.6) is 0 Å². The monoisotopic (exact) mass is 298 g/mol. The Hall–Kier alpha value is -2.26. The van der Waals surface area contributed by atoms with E-state index >= 15 is 0 Å². The lowest BCUT2D eigenvalue weighted by Gasteiger charge is -2.17. The van der Waals surface area contributed by atoms with Gasteiger partial charge in [-0.3, -0.25) is 9.78 Å². The van der Waals surface area contributed by atoms with Crippen molar-refractivity contribution in [3.8, 4) is 6.07 Å². The first kappa shape index (κ1) is 13.7. The highest BCUT2D eigenvalue weighted by Gasteiger charge is 2.25. The molecule has 0 aliphatic heterocycles. The second-order valence-electron chi connectivity index (χ2n) is 5.21. The maximum atomic E-state index is 12.1. The Labute approximate surface area is 126 Å². The fraction of sp³-hybridized carbons (Fsp3) is 0.333. The van der Waals surface area contributed by atoms with Gasteiger partial charge in [0, 0.05) is 17.3 Å². The van der Waals surface area contributed by atoms with Crippen molar-refractivity contribution in [1.29, 1.82) is 5.26 Å². The number of carbonyl (C=O) groups is 1. The third-order valence-electron chi connectivity index (χ3n) is 3.65. The molecule has 1 aliphatic carbocycles. The zero-order valence-electron chi connectivity index (χ0n) is 11.6. The molecule has 1 amide bonds. The van der Waals surface area contributed by atoms with Crippen LogP contribution in [-0.4, -0.2) is 15.9 Å². The summed E-state index contributed by atoms with van der Waals surface area (Å²) < 4.78 is 0. The van der Waals surface area contributed by atoms with Crippen molar-refractivity contribution in [1.82, 2.24) is 9.97 Å². The van der Waals surface area contributed by atoms with Crippen molar-refractivity contribution < 1.29 is 4.79 Å². The van der Waals surface area contributed by atoms with Gasteiger partial charge < -0.3 is 5.32 Å². The minimum Gasteiger partial charge on any atom is -0.311 e. The van der Waals surface area contributed by atoms with E-state index in [0.717, 1.165) is 24.8 Å². The number of nitriles is 1. The van der Waals surface area contributed by atoms with Crippen molar-refractivity contribution in [2.45, 2.75) is 26.2 Å². The van der Waals surface area contributed by atoms with Crippen molar-refractivity contribution in [2.24, 2.45) is 5.92 Å². The van der Waals surface area contributed by atoms with Crippen LogP contribution in [0, 0.1) is 17.2 Å². The highest BCUT2D eigenvalue weighted by Crippen LogP contribution is 2.39. The fourth-order valence-corrected chi connectivity index (χ4v) is 3.90. The van der Waals surface area contributed by atoms with Gasteiger partial charge in [-0.25, -0.2) is 4.98 Å². The highest BCUT2D eigenvalue weighted by molar-refractivity contribution is 7.16. The van der Waals surface area contributed by atoms with Gasteiger partial charge in [0.15, 0.2) is 0 Å². The van der Waals surface area contributed by atoms with Gasteiger partial charge in [-0.15, -0.1) is 11.3 Å². The minimum atomic E-state index is -0.328. The second-order valence-corrected chi connectivity index (χ2v) is 6.32. The lowest BCUT2D eigenvalue weighted by Crippen LogP contribution is -2.13. The SMILES string of the molecule is CC1CCc2c(sc(NC(=O)c3cnccn3)c2C#N)C1. The lowest BCUT2D eigenvalue weighted by atomic mass is 9.89. The van der Waals surface area contributed by atoms with Crippen molar-refractivity contribution in [3.63, 3.8) is 0 Å². The summed E-state index contributed by atoms with van der Waals surface area (Å²) in [7, 11) is 0. The quantitative estimate of drug-likeness (QED) is 0.924. The van der Waals surface area contributed by atoms with Gasteiger partial charge in [0.05, 0.1) is 11.8 Å². The van der Waals surface area contributed by atoms with E-state index < -0.39 is 0 Å². The Bertz CT molecular complexity index is 717. The Balaban J connectivity index is 1.90. The molecule has 0 saturated heterocycles. The second kappa shape index (κ2) is 5.62. The molecule has 0 fully saturated rings. The van der Waals surface area contributed by atoms with Crippen LogP contribution in [0.2, 0.25) is 0 Å². The number of rotatable bonds is 2. The maximum Gasteiger partial charge on any atom is 0.276 e. The zero-order valence-corrected chi connectivity index (χ0v) is 12.4. The summed E-state index contributed by atoms with van der Waals surface area (Å²) in [5, 5.41) is 12.8. The van der Waals surface area contributed by atoms with Crippen LogP contribution in [-0.2, 0) is 12.8 Å². The number of thiophene rings is 1. The van der Waals surface area contributed by atoms with Crippen molar-refractivity contribution in [3.05, 3.63) is 40.3 Å². The van der Waals surface area contributed by atoms with Crippen LogP contribution in [0.4, 0.5) is 5.00 Å². The van der Waals surface area contributed by atoms with Gasteiger partial charge in [-0.2, -0.15) is 5.26 Å². The predicted octanol–water partition coefficient (Wildman–Crippen LogP) is 2.79. The molecule has 2 aromatic heterocycles. The molecule has 3 rings (SSSR count). The number of hydrogen-bond donors (Lipinski definition) is 1. The molecule has 0 saturated carbocycles. The van der Waals surface area contributed by atoms with E-state index in [4.69, 9.17) is 0 Å². The highest BCUT2D eigenvalue weighted by atomic mass is 32.1. The average Bonchev–Trinajstić information content (AvgIpc) is 2.84. The Morgan fingerprint density at radius 3 is 3.10 bits per heavy atom. The van der Waals surface area contributed by atoms with Crippen LogP contribution in [0.15, 0.2) is 18.6 Å². The Kier molecular flexibility index (Phi) is 3.67. The Morgan fingerprint density at radius 2 is 2.38 bits per heavy atom. The number of carbonyl (C=O) groups excluding carboxylic acids is 1. The number of aromatic nitrogens is 2. The van der Waals surface area contributed by atoms with Gasteiger partial charge in [-0.05, 0) is 30.7 Å². The van der Waals surface area contributed by atoms with Crippen molar-refractivity contribution >= 4 is 22.2 Å². The molecular formula is C15H14N4OS. The minimum absolute atomic E-state index is 0.251. The molecular weight excluding hydrogens is 284 g/mol. The molecule has 5 nitrogen and oxygen atoms in total. The van der Waals surface area contributed by atoms with Crippen LogP contribution in [0.25, 0.3) is 0 Å². The van der Waals surface area contributed by atoms with E-state index in [2.05, 4.69) is 28.3 Å². The topological polar surface area (TPSA) is 78.7 Å². The van der Waals surface area contributed by atoms with Crippen molar-refractivity contribution in [2.75, 3.05) is 5.32 Å². The zero-order chi connectivity index (χ0) is 14.8. The van der Waals surface area contributed by atoms with E-state index in [1.165, 1.54) is 34.8 Å². The van der Waals surface area contributed by atoms with Crippen LogP contribution in [0.3, 0.4) is 0 Å². The molecule has 0 spiro atoms. The molecule has 1 N–H and O–H groups in total. The molecule has 2 aromatic rings. The number of fused-ring (bicyclic) bond motifs is 1. The molecule has 0 radical (unpaired) electrons. The van der Waals surface area contributed by atoms with Gasteiger partial charge in [-0.1, -0.05) is 6.92 Å². The molecule has 2 heterocycles. The number of amides is 1. The van der Waals surface area contributed by atoms with E-state index in [0.29, 0.717) is 16.5 Å². The first-order valence-corrected chi connectivity index (χ1v) is 7.62. The first-order valence-electron chi connectivity index (χ1n) is 6.81. The summed E-state index contributed by atoms with van der Waals surface area (Å²) in [6, 6.07) is 2.24. The van der Waals surface area contributed by atoms with E-state index in [1.54, 1.807) is 0 Å². The summed E-state index contributed by atoms with van der Waals surface area (Å²) in [5.41, 5.74) is 1.97. The summed E-state index contributed by atoms with van der Waals surface area (Å²) >= 11 is 1.51. The third kappa shape index (κ3) is 2.65. The molecule has 1 unspecified atom stereocenters. The molecule has 1 atom stereocenters. The smallest absolute Gasteiger partial charge is 0.276 e. The lowest BCUT2D eigenvalue weighted by molar-refractivity contribution is 0.102.